The minimum Gasteiger partial charge on any atom is -0.493 e. The standard InChI is InChI=1S/C21H21N3O3/c1-16(25)23-18-10-7-17(8-11-18)9-12-21(26)24-19-5-4-6-20(15-19)27-14-3-2-13-22/h4-12,15H,2-3,14H2,1H3,(H,23,25)(H,24,26)/b12-9+. The van der Waals surface area contributed by atoms with E-state index in [2.05, 4.69) is 16.7 Å². The lowest BCUT2D eigenvalue weighted by Gasteiger charge is -2.07. The lowest BCUT2D eigenvalue weighted by Crippen LogP contribution is -2.08. The molecule has 0 aliphatic rings. The number of nitriles is 1. The van der Waals surface area contributed by atoms with Gasteiger partial charge in [-0.1, -0.05) is 18.2 Å². The topological polar surface area (TPSA) is 91.2 Å². The first kappa shape index (κ1) is 19.7. The van der Waals surface area contributed by atoms with Gasteiger partial charge in [0.05, 0.1) is 12.7 Å². The lowest BCUT2D eigenvalue weighted by molar-refractivity contribution is -0.114. The second-order valence-corrected chi connectivity index (χ2v) is 5.76. The number of hydrogen-bond acceptors (Lipinski definition) is 4. The quantitative estimate of drug-likeness (QED) is 0.548. The van der Waals surface area contributed by atoms with Gasteiger partial charge in [0.25, 0.3) is 0 Å². The molecule has 0 aliphatic heterocycles. The van der Waals surface area contributed by atoms with Crippen LogP contribution in [0.5, 0.6) is 5.75 Å². The van der Waals surface area contributed by atoms with Crippen molar-refractivity contribution in [2.75, 3.05) is 17.2 Å². The van der Waals surface area contributed by atoms with Gasteiger partial charge >= 0.3 is 0 Å². The number of unbranched alkanes of at least 4 members (excludes halogenated alkanes) is 1. The largest absolute Gasteiger partial charge is 0.493 e. The van der Waals surface area contributed by atoms with Crippen LogP contribution in [-0.2, 0) is 9.59 Å². The number of carbonyl (C=O) groups excluding carboxylic acids is 2. The summed E-state index contributed by atoms with van der Waals surface area (Å²) in [6, 6.07) is 16.3. The molecule has 2 rings (SSSR count). The molecule has 0 aliphatic carbocycles. The molecule has 0 bridgehead atoms. The first-order chi connectivity index (χ1) is 13.1. The molecule has 6 heteroatoms. The molecule has 6 nitrogen and oxygen atoms in total. The molecule has 2 aromatic carbocycles. The third-order valence-corrected chi connectivity index (χ3v) is 3.46. The molecule has 2 aromatic rings. The highest BCUT2D eigenvalue weighted by atomic mass is 16.5. The molecule has 2 N–H and O–H groups in total. The zero-order valence-corrected chi connectivity index (χ0v) is 15.1. The van der Waals surface area contributed by atoms with Crippen molar-refractivity contribution in [2.24, 2.45) is 0 Å². The first-order valence-electron chi connectivity index (χ1n) is 8.53. The van der Waals surface area contributed by atoms with Crippen LogP contribution >= 0.6 is 0 Å². The van der Waals surface area contributed by atoms with E-state index < -0.39 is 0 Å². The van der Waals surface area contributed by atoms with Gasteiger partial charge in [0.15, 0.2) is 0 Å². The first-order valence-corrected chi connectivity index (χ1v) is 8.53. The summed E-state index contributed by atoms with van der Waals surface area (Å²) in [6.07, 6.45) is 4.24. The van der Waals surface area contributed by atoms with Crippen molar-refractivity contribution in [1.29, 1.82) is 5.26 Å². The Kier molecular flexibility index (Phi) is 7.61. The van der Waals surface area contributed by atoms with Crippen LogP contribution in [0.2, 0.25) is 0 Å². The molecule has 2 amide bonds. The number of carbonyl (C=O) groups is 2. The van der Waals surface area contributed by atoms with Gasteiger partial charge in [0.2, 0.25) is 11.8 Å². The van der Waals surface area contributed by atoms with Crippen LogP contribution in [0, 0.1) is 11.3 Å². The van der Waals surface area contributed by atoms with Gasteiger partial charge in [-0.2, -0.15) is 5.26 Å². The molecule has 0 atom stereocenters. The third kappa shape index (κ3) is 7.45. The zero-order valence-electron chi connectivity index (χ0n) is 15.1. The van der Waals surface area contributed by atoms with Gasteiger partial charge in [-0.3, -0.25) is 9.59 Å². The van der Waals surface area contributed by atoms with Crippen LogP contribution in [-0.4, -0.2) is 18.4 Å². The fraction of sp³-hybridized carbons (Fsp3) is 0.190. The van der Waals surface area contributed by atoms with Crippen LogP contribution in [0.4, 0.5) is 11.4 Å². The maximum atomic E-state index is 12.1. The van der Waals surface area contributed by atoms with Crippen molar-refractivity contribution in [3.05, 3.63) is 60.2 Å². The fourth-order valence-electron chi connectivity index (χ4n) is 2.24. The number of nitrogens with zero attached hydrogens (tertiary/aromatic N) is 1. The maximum Gasteiger partial charge on any atom is 0.248 e. The summed E-state index contributed by atoms with van der Waals surface area (Å²) in [5.74, 6) is 0.250. The summed E-state index contributed by atoms with van der Waals surface area (Å²) >= 11 is 0. The van der Waals surface area contributed by atoms with Gasteiger partial charge in [-0.05, 0) is 42.3 Å². The number of benzene rings is 2. The minimum atomic E-state index is -0.262. The molecule has 0 saturated carbocycles. The predicted molar refractivity (Wildman–Crippen MR) is 105 cm³/mol. The summed E-state index contributed by atoms with van der Waals surface area (Å²) in [7, 11) is 0. The molecule has 0 unspecified atom stereocenters. The van der Waals surface area contributed by atoms with Crippen LogP contribution in [0.25, 0.3) is 6.08 Å². The molecular formula is C21H21N3O3. The summed E-state index contributed by atoms with van der Waals surface area (Å²) in [5, 5.41) is 14.0. The van der Waals surface area contributed by atoms with Gasteiger partial charge in [0.1, 0.15) is 5.75 Å². The van der Waals surface area contributed by atoms with Crippen LogP contribution in [0.15, 0.2) is 54.6 Å². The lowest BCUT2D eigenvalue weighted by atomic mass is 10.2. The van der Waals surface area contributed by atoms with Gasteiger partial charge < -0.3 is 15.4 Å². The second kappa shape index (κ2) is 10.4. The fourth-order valence-corrected chi connectivity index (χ4v) is 2.24. The highest BCUT2D eigenvalue weighted by Gasteiger charge is 2.01. The Morgan fingerprint density at radius 3 is 2.59 bits per heavy atom. The monoisotopic (exact) mass is 363 g/mol. The van der Waals surface area contributed by atoms with E-state index in [0.29, 0.717) is 36.6 Å². The zero-order chi connectivity index (χ0) is 19.5. The van der Waals surface area contributed by atoms with E-state index >= 15 is 0 Å². The van der Waals surface area contributed by atoms with Gasteiger partial charge in [0, 0.05) is 36.9 Å². The van der Waals surface area contributed by atoms with Crippen molar-refractivity contribution in [2.45, 2.75) is 19.8 Å². The van der Waals surface area contributed by atoms with Crippen molar-refractivity contribution < 1.29 is 14.3 Å². The maximum absolute atomic E-state index is 12.1. The van der Waals surface area contributed by atoms with Gasteiger partial charge in [-0.25, -0.2) is 0 Å². The number of rotatable bonds is 8. The summed E-state index contributed by atoms with van der Waals surface area (Å²) in [5.41, 5.74) is 2.17. The molecule has 0 saturated heterocycles. The average Bonchev–Trinajstić information content (AvgIpc) is 2.65. The number of ether oxygens (including phenoxy) is 1. The van der Waals surface area contributed by atoms with E-state index in [1.54, 1.807) is 42.5 Å². The van der Waals surface area contributed by atoms with Crippen molar-refractivity contribution >= 4 is 29.3 Å². The normalized spacial score (nSPS) is 10.2. The van der Waals surface area contributed by atoms with Crippen molar-refractivity contribution in [1.82, 2.24) is 0 Å². The Labute approximate surface area is 158 Å². The SMILES string of the molecule is CC(=O)Nc1ccc(/C=C/C(=O)Nc2cccc(OCCCC#N)c2)cc1. The molecule has 0 heterocycles. The van der Waals surface area contributed by atoms with E-state index in [9.17, 15) is 9.59 Å². The Hall–Kier alpha value is -3.59. The van der Waals surface area contributed by atoms with E-state index in [0.717, 1.165) is 5.56 Å². The summed E-state index contributed by atoms with van der Waals surface area (Å²) < 4.78 is 5.55. The Balaban J connectivity index is 1.88. The minimum absolute atomic E-state index is 0.131. The molecule has 138 valence electrons. The predicted octanol–water partition coefficient (Wildman–Crippen LogP) is 3.98. The molecule has 0 spiro atoms. The van der Waals surface area contributed by atoms with Crippen LogP contribution < -0.4 is 15.4 Å². The molecule has 27 heavy (non-hydrogen) atoms. The molecule has 0 aromatic heterocycles. The molecule has 0 radical (unpaired) electrons. The molecule has 0 fully saturated rings. The van der Waals surface area contributed by atoms with Gasteiger partial charge in [-0.15, -0.1) is 0 Å². The van der Waals surface area contributed by atoms with E-state index in [1.165, 1.54) is 13.0 Å². The van der Waals surface area contributed by atoms with E-state index in [1.807, 2.05) is 12.1 Å². The number of nitrogens with one attached hydrogen (secondary N) is 2. The number of amides is 2. The van der Waals surface area contributed by atoms with Crippen LogP contribution in [0.3, 0.4) is 0 Å². The Bertz CT molecular complexity index is 852. The summed E-state index contributed by atoms with van der Waals surface area (Å²) in [4.78, 5) is 23.1. The Morgan fingerprint density at radius 1 is 1.11 bits per heavy atom. The van der Waals surface area contributed by atoms with Crippen molar-refractivity contribution in [3.8, 4) is 11.8 Å². The Morgan fingerprint density at radius 2 is 1.89 bits per heavy atom. The van der Waals surface area contributed by atoms with Crippen LogP contribution in [0.1, 0.15) is 25.3 Å². The van der Waals surface area contributed by atoms with E-state index in [-0.39, 0.29) is 11.8 Å². The smallest absolute Gasteiger partial charge is 0.248 e. The highest BCUT2D eigenvalue weighted by molar-refractivity contribution is 6.02. The third-order valence-electron chi connectivity index (χ3n) is 3.46. The average molecular weight is 363 g/mol. The number of hydrogen-bond donors (Lipinski definition) is 2. The highest BCUT2D eigenvalue weighted by Crippen LogP contribution is 2.18. The number of anilines is 2. The van der Waals surface area contributed by atoms with Crippen molar-refractivity contribution in [3.63, 3.8) is 0 Å². The molecular weight excluding hydrogens is 342 g/mol. The second-order valence-electron chi connectivity index (χ2n) is 5.76. The summed E-state index contributed by atoms with van der Waals surface area (Å²) in [6.45, 7) is 1.91. The van der Waals surface area contributed by atoms with E-state index in [4.69, 9.17) is 10.00 Å².